The van der Waals surface area contributed by atoms with E-state index in [9.17, 15) is 9.90 Å². The van der Waals surface area contributed by atoms with Crippen LogP contribution in [0.2, 0.25) is 0 Å². The highest BCUT2D eigenvalue weighted by Crippen LogP contribution is 2.40. The molecule has 0 aliphatic carbocycles. The van der Waals surface area contributed by atoms with Crippen molar-refractivity contribution >= 4 is 44.4 Å². The van der Waals surface area contributed by atoms with Crippen LogP contribution in [0.25, 0.3) is 32.8 Å². The van der Waals surface area contributed by atoms with Gasteiger partial charge < -0.3 is 25.2 Å². The molecule has 2 aromatic heterocycles. The molecule has 0 unspecified atom stereocenters. The fourth-order valence-electron chi connectivity index (χ4n) is 5.49. The molecule has 7 heteroatoms. The molecule has 1 saturated heterocycles. The highest BCUT2D eigenvalue weighted by atomic mass is 16.3. The number of hydrogen-bond donors (Lipinski definition) is 3. The Balaban J connectivity index is 1.32. The van der Waals surface area contributed by atoms with Gasteiger partial charge in [0.15, 0.2) is 0 Å². The molecule has 33 heavy (non-hydrogen) atoms. The van der Waals surface area contributed by atoms with Crippen LogP contribution < -0.4 is 15.5 Å². The average Bonchev–Trinajstić information content (AvgIpc) is 3.34. The van der Waals surface area contributed by atoms with E-state index < -0.39 is 6.10 Å². The number of aliphatic hydroxyl groups is 1. The fraction of sp³-hybridized carbons (Fsp3) is 0.385. The average molecular weight is 444 g/mol. The van der Waals surface area contributed by atoms with Gasteiger partial charge in [-0.15, -0.1) is 0 Å². The van der Waals surface area contributed by atoms with Crippen LogP contribution in [0.15, 0.2) is 48.5 Å². The molecule has 0 spiro atoms. The molecular formula is C26H29N5O2. The number of pyridine rings is 1. The predicted molar refractivity (Wildman–Crippen MR) is 132 cm³/mol. The fourth-order valence-corrected chi connectivity index (χ4v) is 5.49. The Hall–Kier alpha value is -3.16. The van der Waals surface area contributed by atoms with E-state index in [1.807, 2.05) is 0 Å². The molecular weight excluding hydrogens is 414 g/mol. The molecule has 6 rings (SSSR count). The number of aromatic nitrogens is 2. The number of rotatable bonds is 5. The van der Waals surface area contributed by atoms with Crippen LogP contribution in [0.3, 0.4) is 0 Å². The smallest absolute Gasteiger partial charge is 0.237 e. The van der Waals surface area contributed by atoms with E-state index >= 15 is 0 Å². The van der Waals surface area contributed by atoms with Gasteiger partial charge in [-0.1, -0.05) is 36.4 Å². The molecule has 2 atom stereocenters. The summed E-state index contributed by atoms with van der Waals surface area (Å²) in [6.45, 7) is 3.93. The van der Waals surface area contributed by atoms with Gasteiger partial charge >= 0.3 is 0 Å². The van der Waals surface area contributed by atoms with Crippen LogP contribution in [0.5, 0.6) is 0 Å². The van der Waals surface area contributed by atoms with Crippen LogP contribution in [0, 0.1) is 0 Å². The molecule has 1 amide bonds. The van der Waals surface area contributed by atoms with Gasteiger partial charge in [-0.25, -0.2) is 4.98 Å². The summed E-state index contributed by atoms with van der Waals surface area (Å²) in [4.78, 5) is 19.9. The Kier molecular flexibility index (Phi) is 5.15. The summed E-state index contributed by atoms with van der Waals surface area (Å²) in [6, 6.07) is 16.7. The molecule has 7 nitrogen and oxygen atoms in total. The van der Waals surface area contributed by atoms with Crippen molar-refractivity contribution in [2.75, 3.05) is 31.1 Å². The van der Waals surface area contributed by atoms with E-state index in [-0.39, 0.29) is 11.9 Å². The second-order valence-electron chi connectivity index (χ2n) is 9.18. The molecule has 1 fully saturated rings. The molecule has 2 aromatic carbocycles. The summed E-state index contributed by atoms with van der Waals surface area (Å²) in [5, 5.41) is 18.2. The predicted octanol–water partition coefficient (Wildman–Crippen LogP) is 2.78. The first-order valence-corrected chi connectivity index (χ1v) is 11.9. The molecule has 4 heterocycles. The quantitative estimate of drug-likeness (QED) is 0.413. The van der Waals surface area contributed by atoms with Crippen molar-refractivity contribution < 1.29 is 9.90 Å². The topological polar surface area (TPSA) is 82.4 Å². The van der Waals surface area contributed by atoms with Crippen molar-refractivity contribution in [3.05, 3.63) is 48.5 Å². The van der Waals surface area contributed by atoms with E-state index in [2.05, 4.69) is 68.6 Å². The molecule has 4 aromatic rings. The van der Waals surface area contributed by atoms with Crippen molar-refractivity contribution in [1.82, 2.24) is 20.2 Å². The van der Waals surface area contributed by atoms with Gasteiger partial charge in [0, 0.05) is 43.5 Å². The number of carbonyl (C=O) groups is 1. The van der Waals surface area contributed by atoms with Gasteiger partial charge in [0.2, 0.25) is 5.91 Å². The maximum atomic E-state index is 12.4. The monoisotopic (exact) mass is 443 g/mol. The number of amides is 1. The number of hydrogen-bond acceptors (Lipinski definition) is 5. The van der Waals surface area contributed by atoms with Crippen molar-refractivity contribution in [3.63, 3.8) is 0 Å². The van der Waals surface area contributed by atoms with Crippen LogP contribution >= 0.6 is 0 Å². The van der Waals surface area contributed by atoms with E-state index in [1.54, 1.807) is 0 Å². The maximum Gasteiger partial charge on any atom is 0.237 e. The lowest BCUT2D eigenvalue weighted by atomic mass is 10.1. The molecule has 2 aliphatic heterocycles. The van der Waals surface area contributed by atoms with Crippen molar-refractivity contribution in [3.8, 4) is 0 Å². The minimum absolute atomic E-state index is 0.0145. The molecule has 2 aliphatic rings. The van der Waals surface area contributed by atoms with E-state index in [1.165, 1.54) is 27.5 Å². The number of fused-ring (bicyclic) bond motifs is 5. The Morgan fingerprint density at radius 2 is 1.94 bits per heavy atom. The van der Waals surface area contributed by atoms with Crippen molar-refractivity contribution in [2.24, 2.45) is 0 Å². The number of aliphatic hydroxyl groups excluding tert-OH is 1. The molecule has 3 N–H and O–H groups in total. The summed E-state index contributed by atoms with van der Waals surface area (Å²) in [7, 11) is 0. The normalized spacial score (nSPS) is 20.6. The van der Waals surface area contributed by atoms with Gasteiger partial charge in [-0.2, -0.15) is 0 Å². The second-order valence-corrected chi connectivity index (χ2v) is 9.18. The Bertz CT molecular complexity index is 1350. The van der Waals surface area contributed by atoms with Gasteiger partial charge in [0.05, 0.1) is 39.9 Å². The lowest BCUT2D eigenvalue weighted by molar-refractivity contribution is -0.122. The highest BCUT2D eigenvalue weighted by Gasteiger charge is 2.28. The zero-order chi connectivity index (χ0) is 22.4. The summed E-state index contributed by atoms with van der Waals surface area (Å²) < 4.78 is 2.44. The van der Waals surface area contributed by atoms with Gasteiger partial charge in [-0.05, 0) is 31.4 Å². The number of nitrogens with one attached hydrogen (secondary N) is 2. The number of aryl methyl sites for hydroxylation is 1. The van der Waals surface area contributed by atoms with E-state index in [4.69, 9.17) is 4.98 Å². The van der Waals surface area contributed by atoms with Gasteiger partial charge in [0.25, 0.3) is 0 Å². The molecule has 0 bridgehead atoms. The van der Waals surface area contributed by atoms with Crippen LogP contribution in [-0.2, 0) is 11.3 Å². The van der Waals surface area contributed by atoms with Crippen LogP contribution in [0.1, 0.15) is 19.3 Å². The molecule has 0 saturated carbocycles. The first-order valence-electron chi connectivity index (χ1n) is 11.9. The molecule has 0 radical (unpaired) electrons. The maximum absolute atomic E-state index is 12.4. The standard InChI is InChI=1S/C26H29N5O2/c32-17-15-21(28-16-17)26(33)27-11-5-12-30-13-6-14-31-22-10-4-2-8-19(22)23-25(31)24(30)18-7-1-3-9-20(18)29-23/h1-4,7-10,17,21,28,32H,5-6,11-16H2,(H,27,33)/t17-,21+/m1/s1. The van der Waals surface area contributed by atoms with E-state index in [0.717, 1.165) is 43.5 Å². The van der Waals surface area contributed by atoms with Gasteiger partial charge in [-0.3, -0.25) is 4.79 Å². The van der Waals surface area contributed by atoms with Crippen molar-refractivity contribution in [1.29, 1.82) is 0 Å². The second kappa shape index (κ2) is 8.32. The third-order valence-electron chi connectivity index (χ3n) is 7.01. The number of nitrogens with zero attached hydrogens (tertiary/aromatic N) is 3. The zero-order valence-electron chi connectivity index (χ0n) is 18.6. The third kappa shape index (κ3) is 3.52. The van der Waals surface area contributed by atoms with Crippen LogP contribution in [0.4, 0.5) is 5.69 Å². The Labute approximate surface area is 192 Å². The summed E-state index contributed by atoms with van der Waals surface area (Å²) in [5.74, 6) is -0.0145. The minimum atomic E-state index is -0.424. The van der Waals surface area contributed by atoms with E-state index in [0.29, 0.717) is 19.5 Å². The lowest BCUT2D eigenvalue weighted by Crippen LogP contribution is -2.41. The highest BCUT2D eigenvalue weighted by molar-refractivity contribution is 6.16. The first-order chi connectivity index (χ1) is 16.2. The SMILES string of the molecule is O=C(NCCCN1CCCn2c3ccccc3c3nc4ccccc4c1c32)[C@@H]1C[C@@H](O)CN1. The molecule has 170 valence electrons. The number of β-amino-alcohol motifs (C(OH)–C–C–N with tert-alkyl or cyclic N) is 1. The summed E-state index contributed by atoms with van der Waals surface area (Å²) in [6.07, 6.45) is 1.99. The summed E-state index contributed by atoms with van der Waals surface area (Å²) in [5.41, 5.74) is 5.83. The number of carbonyl (C=O) groups excluding carboxylic acids is 1. The largest absolute Gasteiger partial charge is 0.392 e. The minimum Gasteiger partial charge on any atom is -0.392 e. The third-order valence-corrected chi connectivity index (χ3v) is 7.01. The first kappa shape index (κ1) is 20.4. The number of anilines is 1. The van der Waals surface area contributed by atoms with Crippen LogP contribution in [-0.4, -0.2) is 58.9 Å². The van der Waals surface area contributed by atoms with Gasteiger partial charge in [0.1, 0.15) is 0 Å². The lowest BCUT2D eigenvalue weighted by Gasteiger charge is -2.25. The zero-order valence-corrected chi connectivity index (χ0v) is 18.6. The Morgan fingerprint density at radius 3 is 2.79 bits per heavy atom. The number of para-hydroxylation sites is 2. The number of benzene rings is 2. The summed E-state index contributed by atoms with van der Waals surface area (Å²) >= 11 is 0. The Morgan fingerprint density at radius 1 is 1.12 bits per heavy atom. The van der Waals surface area contributed by atoms with Crippen molar-refractivity contribution in [2.45, 2.75) is 38.0 Å².